The van der Waals surface area contributed by atoms with Gasteiger partial charge in [0, 0.05) is 44.3 Å². The van der Waals surface area contributed by atoms with Gasteiger partial charge in [-0.05, 0) is 24.6 Å². The Labute approximate surface area is 139 Å². The predicted octanol–water partition coefficient (Wildman–Crippen LogP) is -0.382. The summed E-state index contributed by atoms with van der Waals surface area (Å²) in [5.41, 5.74) is 0.431. The van der Waals surface area contributed by atoms with Crippen LogP contribution in [0.25, 0.3) is 0 Å². The van der Waals surface area contributed by atoms with Crippen LogP contribution in [0.15, 0.2) is 24.3 Å². The monoisotopic (exact) mass is 331 g/mol. The van der Waals surface area contributed by atoms with E-state index in [9.17, 15) is 14.7 Å². The molecule has 1 aromatic rings. The van der Waals surface area contributed by atoms with E-state index in [4.69, 9.17) is 5.11 Å². The molecule has 0 bridgehead atoms. The third-order valence-electron chi connectivity index (χ3n) is 5.47. The fraction of sp³-hybridized carbons (Fsp3) is 0.529. The number of carbonyl (C=O) groups is 2. The van der Waals surface area contributed by atoms with Gasteiger partial charge in [-0.1, -0.05) is 6.07 Å². The van der Waals surface area contributed by atoms with Crippen LogP contribution in [0.4, 0.5) is 0 Å². The molecule has 1 spiro atoms. The molecule has 1 aromatic carbocycles. The fourth-order valence-electron chi connectivity index (χ4n) is 4.26. The minimum atomic E-state index is -1.03. The lowest BCUT2D eigenvalue weighted by molar-refractivity contribution is -0.0455. The highest BCUT2D eigenvalue weighted by atomic mass is 16.4. The molecule has 0 radical (unpaired) electrons. The number of β-amino-alcohol motifs (C(OH)–C–C–N with tert-alkyl or cyclic N) is 1. The topological polar surface area (TPSA) is 93.1 Å². The number of benzene rings is 1. The number of nitrogens with zero attached hydrogens (tertiary/aromatic N) is 2. The van der Waals surface area contributed by atoms with E-state index in [1.165, 1.54) is 12.1 Å². The lowest BCUT2D eigenvalue weighted by atomic mass is 9.85. The first-order valence-corrected chi connectivity index (χ1v) is 8.27. The number of carbonyl (C=O) groups excluding carboxylic acids is 1. The highest BCUT2D eigenvalue weighted by Gasteiger charge is 2.54. The Kier molecular flexibility index (Phi) is 3.59. The predicted molar refractivity (Wildman–Crippen MR) is 86.0 cm³/mol. The molecule has 3 aliphatic heterocycles. The van der Waals surface area contributed by atoms with Crippen LogP contribution in [0.2, 0.25) is 0 Å². The van der Waals surface area contributed by atoms with Crippen molar-refractivity contribution in [1.82, 2.24) is 15.1 Å². The number of hydrogen-bond acceptors (Lipinski definition) is 5. The third kappa shape index (κ3) is 2.40. The van der Waals surface area contributed by atoms with Gasteiger partial charge in [-0.25, -0.2) is 4.79 Å². The molecule has 3 N–H and O–H groups in total. The summed E-state index contributed by atoms with van der Waals surface area (Å²) in [5, 5.41) is 22.4. The summed E-state index contributed by atoms with van der Waals surface area (Å²) < 4.78 is 0. The summed E-state index contributed by atoms with van der Waals surface area (Å²) in [6.45, 7) is 3.49. The van der Waals surface area contributed by atoms with Crippen molar-refractivity contribution in [2.75, 3.05) is 32.7 Å². The minimum Gasteiger partial charge on any atom is -0.478 e. The maximum atomic E-state index is 12.9. The molecule has 7 nitrogen and oxygen atoms in total. The van der Waals surface area contributed by atoms with Crippen LogP contribution < -0.4 is 5.32 Å². The van der Waals surface area contributed by atoms with E-state index < -0.39 is 5.97 Å². The second-order valence-electron chi connectivity index (χ2n) is 7.10. The van der Waals surface area contributed by atoms with E-state index in [1.54, 1.807) is 12.1 Å². The number of piperazine rings is 1. The molecule has 0 aromatic heterocycles. The molecule has 0 saturated carbocycles. The number of aliphatic hydroxyl groups is 1. The van der Waals surface area contributed by atoms with Gasteiger partial charge in [0.15, 0.2) is 0 Å². The van der Waals surface area contributed by atoms with Crippen LogP contribution in [-0.4, -0.2) is 82.3 Å². The van der Waals surface area contributed by atoms with Crippen LogP contribution in [-0.2, 0) is 0 Å². The highest BCUT2D eigenvalue weighted by Crippen LogP contribution is 2.35. The van der Waals surface area contributed by atoms with Gasteiger partial charge in [-0.15, -0.1) is 0 Å². The van der Waals surface area contributed by atoms with Gasteiger partial charge in [-0.2, -0.15) is 0 Å². The zero-order valence-electron chi connectivity index (χ0n) is 13.3. The molecule has 7 heteroatoms. The first-order chi connectivity index (χ1) is 11.5. The largest absolute Gasteiger partial charge is 0.478 e. The average Bonchev–Trinajstić information content (AvgIpc) is 2.92. The normalized spacial score (nSPS) is 28.5. The average molecular weight is 331 g/mol. The Bertz CT molecular complexity index is 688. The van der Waals surface area contributed by atoms with Gasteiger partial charge in [0.05, 0.1) is 17.2 Å². The van der Waals surface area contributed by atoms with Gasteiger partial charge >= 0.3 is 5.97 Å². The zero-order chi connectivity index (χ0) is 16.9. The SMILES string of the molecule is O=C(O)c1cccc(C(=O)N2C[C@@H]3C[C@@H](O)CN3C3(CNC3)C2)c1. The molecule has 2 atom stereocenters. The molecule has 0 aliphatic carbocycles. The number of hydrogen-bond donors (Lipinski definition) is 3. The van der Waals surface area contributed by atoms with Crippen molar-refractivity contribution in [2.45, 2.75) is 24.1 Å². The number of amides is 1. The van der Waals surface area contributed by atoms with Crippen molar-refractivity contribution >= 4 is 11.9 Å². The van der Waals surface area contributed by atoms with Gasteiger partial charge in [0.25, 0.3) is 5.91 Å². The number of rotatable bonds is 2. The van der Waals surface area contributed by atoms with E-state index >= 15 is 0 Å². The summed E-state index contributed by atoms with van der Waals surface area (Å²) in [6.07, 6.45) is 0.346. The molecule has 4 rings (SSSR count). The second kappa shape index (κ2) is 5.54. The quantitative estimate of drug-likeness (QED) is 0.684. The standard InChI is InChI=1S/C17H21N3O4/c21-14-5-13-6-19(10-17(8-18-9-17)20(13)7-14)15(22)11-2-1-3-12(4-11)16(23)24/h1-4,13-14,18,21H,5-10H2,(H,23,24)/t13-,14+/m0/s1. The van der Waals surface area contributed by atoms with Gasteiger partial charge in [0.2, 0.25) is 0 Å². The van der Waals surface area contributed by atoms with E-state index in [1.807, 2.05) is 4.90 Å². The molecule has 3 heterocycles. The smallest absolute Gasteiger partial charge is 0.335 e. The van der Waals surface area contributed by atoms with Crippen LogP contribution in [0.3, 0.4) is 0 Å². The first-order valence-electron chi connectivity index (χ1n) is 8.27. The Balaban J connectivity index is 1.59. The molecule has 3 fully saturated rings. The van der Waals surface area contributed by atoms with Crippen molar-refractivity contribution in [2.24, 2.45) is 0 Å². The van der Waals surface area contributed by atoms with Crippen LogP contribution in [0.1, 0.15) is 27.1 Å². The number of fused-ring (bicyclic) bond motifs is 2. The van der Waals surface area contributed by atoms with Crippen LogP contribution in [0.5, 0.6) is 0 Å². The van der Waals surface area contributed by atoms with Crippen molar-refractivity contribution < 1.29 is 19.8 Å². The van der Waals surface area contributed by atoms with Crippen molar-refractivity contribution in [3.05, 3.63) is 35.4 Å². The summed E-state index contributed by atoms with van der Waals surface area (Å²) in [4.78, 5) is 28.2. The summed E-state index contributed by atoms with van der Waals surface area (Å²) in [5.74, 6) is -1.17. The molecule has 0 unspecified atom stereocenters. The third-order valence-corrected chi connectivity index (χ3v) is 5.47. The first kappa shape index (κ1) is 15.6. The van der Waals surface area contributed by atoms with Crippen molar-refractivity contribution in [1.29, 1.82) is 0 Å². The lowest BCUT2D eigenvalue weighted by Gasteiger charge is -2.57. The van der Waals surface area contributed by atoms with E-state index in [-0.39, 0.29) is 29.2 Å². The summed E-state index contributed by atoms with van der Waals surface area (Å²) >= 11 is 0. The Morgan fingerprint density at radius 2 is 1.96 bits per heavy atom. The van der Waals surface area contributed by atoms with E-state index in [2.05, 4.69) is 10.2 Å². The summed E-state index contributed by atoms with van der Waals surface area (Å²) in [7, 11) is 0. The molecule has 3 aliphatic rings. The molecule has 24 heavy (non-hydrogen) atoms. The number of aromatic carboxylic acids is 1. The Hall–Kier alpha value is -1.96. The van der Waals surface area contributed by atoms with Crippen LogP contribution >= 0.6 is 0 Å². The molecular weight excluding hydrogens is 310 g/mol. The maximum Gasteiger partial charge on any atom is 0.335 e. The number of nitrogens with one attached hydrogen (secondary N) is 1. The van der Waals surface area contributed by atoms with Crippen LogP contribution in [0, 0.1) is 0 Å². The van der Waals surface area contributed by atoms with Gasteiger partial charge < -0.3 is 20.4 Å². The number of carboxylic acids is 1. The highest BCUT2D eigenvalue weighted by molar-refractivity contribution is 5.97. The summed E-state index contributed by atoms with van der Waals surface area (Å²) in [6, 6.07) is 6.36. The van der Waals surface area contributed by atoms with E-state index in [0.717, 1.165) is 13.1 Å². The van der Waals surface area contributed by atoms with E-state index in [0.29, 0.717) is 31.6 Å². The molecule has 3 saturated heterocycles. The fourth-order valence-corrected chi connectivity index (χ4v) is 4.26. The molecule has 1 amide bonds. The maximum absolute atomic E-state index is 12.9. The number of carboxylic acid groups (broad SMARTS) is 1. The zero-order valence-corrected chi connectivity index (χ0v) is 13.3. The van der Waals surface area contributed by atoms with Gasteiger partial charge in [-0.3, -0.25) is 9.69 Å². The lowest BCUT2D eigenvalue weighted by Crippen LogP contribution is -2.77. The van der Waals surface area contributed by atoms with Gasteiger partial charge in [0.1, 0.15) is 0 Å². The minimum absolute atomic E-state index is 0.0968. The number of aliphatic hydroxyl groups excluding tert-OH is 1. The second-order valence-corrected chi connectivity index (χ2v) is 7.10. The Morgan fingerprint density at radius 3 is 2.62 bits per heavy atom. The molecular formula is C17H21N3O4. The van der Waals surface area contributed by atoms with Crippen molar-refractivity contribution in [3.63, 3.8) is 0 Å². The van der Waals surface area contributed by atoms with Crippen molar-refractivity contribution in [3.8, 4) is 0 Å². The Morgan fingerprint density at radius 1 is 1.21 bits per heavy atom. The molecule has 128 valence electrons.